The Kier molecular flexibility index (Phi) is 7.20. The van der Waals surface area contributed by atoms with Crippen LogP contribution in [0.5, 0.6) is 0 Å². The Bertz CT molecular complexity index is 318. The van der Waals surface area contributed by atoms with Crippen LogP contribution in [0.2, 0.25) is 0 Å². The maximum atomic E-state index is 2.37. The fourth-order valence-corrected chi connectivity index (χ4v) is 2.95. The molecule has 1 atom stereocenters. The second-order valence-electron chi connectivity index (χ2n) is 7.17. The largest absolute Gasteiger partial charge is 0.0654 e. The Hall–Kier alpha value is -0.780. The van der Waals surface area contributed by atoms with Crippen LogP contribution in [0, 0.1) is 11.3 Å². The molecular formula is C19H32. The molecule has 0 fully saturated rings. The first-order chi connectivity index (χ1) is 9.01. The third kappa shape index (κ3) is 8.08. The highest BCUT2D eigenvalue weighted by molar-refractivity contribution is 5.15. The molecule has 0 aliphatic rings. The lowest BCUT2D eigenvalue weighted by molar-refractivity contribution is 0.275. The minimum atomic E-state index is 0.449. The zero-order valence-electron chi connectivity index (χ0n) is 13.4. The molecule has 0 nitrogen and oxygen atoms in total. The summed E-state index contributed by atoms with van der Waals surface area (Å²) < 4.78 is 0. The number of unbranched alkanes of at least 4 members (excludes halogenated alkanes) is 3. The van der Waals surface area contributed by atoms with Crippen molar-refractivity contribution in [2.75, 3.05) is 0 Å². The quantitative estimate of drug-likeness (QED) is 0.484. The molecule has 1 unspecified atom stereocenters. The second-order valence-corrected chi connectivity index (χ2v) is 7.17. The van der Waals surface area contributed by atoms with Crippen LogP contribution in [0.25, 0.3) is 0 Å². The van der Waals surface area contributed by atoms with E-state index in [0.717, 1.165) is 5.92 Å². The average Bonchev–Trinajstić information content (AvgIpc) is 2.34. The lowest BCUT2D eigenvalue weighted by atomic mass is 9.79. The van der Waals surface area contributed by atoms with Crippen LogP contribution >= 0.6 is 0 Å². The van der Waals surface area contributed by atoms with Crippen molar-refractivity contribution < 1.29 is 0 Å². The molecule has 1 aromatic carbocycles. The summed E-state index contributed by atoms with van der Waals surface area (Å²) in [6, 6.07) is 11.0. The highest BCUT2D eigenvalue weighted by atomic mass is 14.2. The lowest BCUT2D eigenvalue weighted by Crippen LogP contribution is -2.15. The monoisotopic (exact) mass is 260 g/mol. The van der Waals surface area contributed by atoms with Gasteiger partial charge in [-0.3, -0.25) is 0 Å². The van der Waals surface area contributed by atoms with Gasteiger partial charge in [0.05, 0.1) is 0 Å². The van der Waals surface area contributed by atoms with Crippen LogP contribution in [-0.4, -0.2) is 0 Å². The molecule has 19 heavy (non-hydrogen) atoms. The van der Waals surface area contributed by atoms with Gasteiger partial charge in [-0.2, -0.15) is 0 Å². The second kappa shape index (κ2) is 8.40. The van der Waals surface area contributed by atoms with Gasteiger partial charge in [0.15, 0.2) is 0 Å². The highest BCUT2D eigenvalue weighted by Crippen LogP contribution is 2.30. The maximum absolute atomic E-state index is 2.37. The van der Waals surface area contributed by atoms with Crippen molar-refractivity contribution in [2.24, 2.45) is 11.3 Å². The molecule has 108 valence electrons. The van der Waals surface area contributed by atoms with Gasteiger partial charge in [-0.25, -0.2) is 0 Å². The van der Waals surface area contributed by atoms with E-state index in [9.17, 15) is 0 Å². The Labute approximate surface area is 120 Å². The highest BCUT2D eigenvalue weighted by Gasteiger charge is 2.18. The minimum Gasteiger partial charge on any atom is -0.0654 e. The van der Waals surface area contributed by atoms with Crippen molar-refractivity contribution in [1.82, 2.24) is 0 Å². The Morgan fingerprint density at radius 3 is 2.21 bits per heavy atom. The van der Waals surface area contributed by atoms with Crippen molar-refractivity contribution in [2.45, 2.75) is 72.6 Å². The van der Waals surface area contributed by atoms with Gasteiger partial charge in [0.1, 0.15) is 0 Å². The molecule has 0 aliphatic carbocycles. The molecule has 0 radical (unpaired) electrons. The van der Waals surface area contributed by atoms with E-state index in [0.29, 0.717) is 5.41 Å². The average molecular weight is 260 g/mol. The smallest absolute Gasteiger partial charge is 0.0250 e. The topological polar surface area (TPSA) is 0 Å². The number of hydrogen-bond acceptors (Lipinski definition) is 0. The summed E-state index contributed by atoms with van der Waals surface area (Å²) in [5.74, 6) is 0.847. The predicted octanol–water partition coefficient (Wildman–Crippen LogP) is 6.25. The predicted molar refractivity (Wildman–Crippen MR) is 86.5 cm³/mol. The van der Waals surface area contributed by atoms with Crippen LogP contribution in [0.1, 0.15) is 71.8 Å². The Morgan fingerprint density at radius 2 is 1.63 bits per heavy atom. The molecule has 0 N–H and O–H groups in total. The molecule has 0 saturated carbocycles. The van der Waals surface area contributed by atoms with Gasteiger partial charge in [-0.05, 0) is 29.7 Å². The van der Waals surface area contributed by atoms with E-state index in [2.05, 4.69) is 58.0 Å². The van der Waals surface area contributed by atoms with Gasteiger partial charge < -0.3 is 0 Å². The van der Waals surface area contributed by atoms with Crippen LogP contribution in [0.4, 0.5) is 0 Å². The molecule has 0 saturated heterocycles. The van der Waals surface area contributed by atoms with E-state index in [1.165, 1.54) is 50.5 Å². The number of rotatable bonds is 8. The van der Waals surface area contributed by atoms with Gasteiger partial charge in [0, 0.05) is 0 Å². The summed E-state index contributed by atoms with van der Waals surface area (Å²) in [6.07, 6.45) is 9.54. The fourth-order valence-electron chi connectivity index (χ4n) is 2.95. The van der Waals surface area contributed by atoms with E-state index >= 15 is 0 Å². The number of benzene rings is 1. The van der Waals surface area contributed by atoms with E-state index in [1.807, 2.05) is 0 Å². The molecule has 1 aromatic rings. The Morgan fingerprint density at radius 1 is 0.947 bits per heavy atom. The van der Waals surface area contributed by atoms with Crippen molar-refractivity contribution >= 4 is 0 Å². The van der Waals surface area contributed by atoms with Crippen molar-refractivity contribution in [3.8, 4) is 0 Å². The minimum absolute atomic E-state index is 0.449. The molecule has 0 amide bonds. The van der Waals surface area contributed by atoms with E-state index in [1.54, 1.807) is 0 Å². The normalized spacial score (nSPS) is 13.5. The van der Waals surface area contributed by atoms with E-state index in [-0.39, 0.29) is 0 Å². The van der Waals surface area contributed by atoms with Crippen molar-refractivity contribution in [1.29, 1.82) is 0 Å². The summed E-state index contributed by atoms with van der Waals surface area (Å²) in [5, 5.41) is 0. The zero-order valence-corrected chi connectivity index (χ0v) is 13.4. The summed E-state index contributed by atoms with van der Waals surface area (Å²) in [5.41, 5.74) is 1.96. The maximum Gasteiger partial charge on any atom is -0.0250 e. The first kappa shape index (κ1) is 16.3. The molecule has 0 bridgehead atoms. The molecule has 0 heteroatoms. The van der Waals surface area contributed by atoms with Gasteiger partial charge >= 0.3 is 0 Å². The first-order valence-corrected chi connectivity index (χ1v) is 8.05. The standard InChI is InChI=1S/C19H32/c1-5-6-7-9-14-18(16-19(2,3)4)15-17-12-10-8-11-13-17/h8,10-13,18H,5-7,9,14-16H2,1-4H3. The van der Waals surface area contributed by atoms with Crippen LogP contribution in [0.3, 0.4) is 0 Å². The molecule has 0 spiro atoms. The molecule has 0 aliphatic heterocycles. The van der Waals surface area contributed by atoms with Crippen molar-refractivity contribution in [3.05, 3.63) is 35.9 Å². The third-order valence-electron chi connectivity index (χ3n) is 3.73. The Balaban J connectivity index is 2.49. The lowest BCUT2D eigenvalue weighted by Gasteiger charge is -2.26. The fraction of sp³-hybridized carbons (Fsp3) is 0.684. The van der Waals surface area contributed by atoms with E-state index in [4.69, 9.17) is 0 Å². The van der Waals surface area contributed by atoms with Gasteiger partial charge in [0.25, 0.3) is 0 Å². The molecule has 1 rings (SSSR count). The molecule has 0 aromatic heterocycles. The van der Waals surface area contributed by atoms with Crippen molar-refractivity contribution in [3.63, 3.8) is 0 Å². The number of hydrogen-bond donors (Lipinski definition) is 0. The van der Waals surface area contributed by atoms with Gasteiger partial charge in [-0.1, -0.05) is 90.1 Å². The SMILES string of the molecule is CCCCCCC(Cc1ccccc1)CC(C)(C)C. The van der Waals surface area contributed by atoms with Gasteiger partial charge in [-0.15, -0.1) is 0 Å². The summed E-state index contributed by atoms with van der Waals surface area (Å²) in [6.45, 7) is 9.40. The summed E-state index contributed by atoms with van der Waals surface area (Å²) in [4.78, 5) is 0. The summed E-state index contributed by atoms with van der Waals surface area (Å²) >= 11 is 0. The van der Waals surface area contributed by atoms with Crippen LogP contribution in [-0.2, 0) is 6.42 Å². The first-order valence-electron chi connectivity index (χ1n) is 8.05. The van der Waals surface area contributed by atoms with Crippen LogP contribution in [0.15, 0.2) is 30.3 Å². The van der Waals surface area contributed by atoms with E-state index < -0.39 is 0 Å². The zero-order chi connectivity index (χ0) is 14.1. The van der Waals surface area contributed by atoms with Gasteiger partial charge in [0.2, 0.25) is 0 Å². The third-order valence-corrected chi connectivity index (χ3v) is 3.73. The molecule has 0 heterocycles. The molecular weight excluding hydrogens is 228 g/mol. The summed E-state index contributed by atoms with van der Waals surface area (Å²) in [7, 11) is 0. The van der Waals surface area contributed by atoms with Crippen LogP contribution < -0.4 is 0 Å².